The molecule has 0 aromatic carbocycles. The molecule has 2 aromatic heterocycles. The smallest absolute Gasteiger partial charge is 0.265 e. The van der Waals surface area contributed by atoms with Crippen LogP contribution >= 0.6 is 0 Å². The standard InChI is InChI=1S/C18H25N3O3/c1-11(2)21(13-8-6-5-7-9-13)18(23)14-12(3)24-16-15(14)17(22)20(4)10-19-16/h10-11,13H,5-9H2,1-4H3. The Labute approximate surface area is 141 Å². The zero-order valence-electron chi connectivity index (χ0n) is 14.8. The fourth-order valence-electron chi connectivity index (χ4n) is 3.75. The van der Waals surface area contributed by atoms with Gasteiger partial charge in [0, 0.05) is 19.1 Å². The van der Waals surface area contributed by atoms with Crippen LogP contribution in [-0.4, -0.2) is 32.4 Å². The quantitative estimate of drug-likeness (QED) is 0.867. The molecule has 1 aliphatic rings. The highest BCUT2D eigenvalue weighted by molar-refractivity contribution is 6.06. The van der Waals surface area contributed by atoms with Gasteiger partial charge in [0.2, 0.25) is 5.71 Å². The highest BCUT2D eigenvalue weighted by Gasteiger charge is 2.32. The van der Waals surface area contributed by atoms with Crippen molar-refractivity contribution in [1.82, 2.24) is 14.5 Å². The van der Waals surface area contributed by atoms with Crippen LogP contribution in [0.4, 0.5) is 0 Å². The van der Waals surface area contributed by atoms with Crippen molar-refractivity contribution in [2.45, 2.75) is 65.0 Å². The van der Waals surface area contributed by atoms with E-state index in [2.05, 4.69) is 4.98 Å². The minimum Gasteiger partial charge on any atom is -0.442 e. The molecule has 0 saturated heterocycles. The lowest BCUT2D eigenvalue weighted by Gasteiger charge is -2.37. The fraction of sp³-hybridized carbons (Fsp3) is 0.611. The van der Waals surface area contributed by atoms with Gasteiger partial charge in [0.25, 0.3) is 11.5 Å². The van der Waals surface area contributed by atoms with Crippen molar-refractivity contribution < 1.29 is 9.21 Å². The van der Waals surface area contributed by atoms with E-state index in [1.807, 2.05) is 18.7 Å². The molecule has 1 saturated carbocycles. The molecule has 3 rings (SSSR count). The monoisotopic (exact) mass is 331 g/mol. The Bertz CT molecular complexity index is 813. The molecule has 1 fully saturated rings. The van der Waals surface area contributed by atoms with Crippen LogP contribution in [0.1, 0.15) is 62.1 Å². The predicted octanol–water partition coefficient (Wildman–Crippen LogP) is 3.02. The number of hydrogen-bond donors (Lipinski definition) is 0. The van der Waals surface area contributed by atoms with E-state index in [9.17, 15) is 9.59 Å². The molecule has 0 unspecified atom stereocenters. The number of furan rings is 1. The molecule has 0 radical (unpaired) electrons. The summed E-state index contributed by atoms with van der Waals surface area (Å²) in [6.45, 7) is 5.79. The van der Waals surface area contributed by atoms with E-state index in [-0.39, 0.29) is 29.3 Å². The predicted molar refractivity (Wildman–Crippen MR) is 92.2 cm³/mol. The fourth-order valence-corrected chi connectivity index (χ4v) is 3.75. The minimum atomic E-state index is -0.243. The summed E-state index contributed by atoms with van der Waals surface area (Å²) in [5, 5.41) is 0.295. The molecule has 24 heavy (non-hydrogen) atoms. The van der Waals surface area contributed by atoms with Crippen LogP contribution in [0.25, 0.3) is 11.1 Å². The molecule has 1 aliphatic carbocycles. The Morgan fingerprint density at radius 3 is 2.62 bits per heavy atom. The van der Waals surface area contributed by atoms with Crippen LogP contribution in [0.15, 0.2) is 15.5 Å². The summed E-state index contributed by atoms with van der Waals surface area (Å²) >= 11 is 0. The second kappa shape index (κ2) is 6.42. The lowest BCUT2D eigenvalue weighted by molar-refractivity contribution is 0.0555. The normalized spacial score (nSPS) is 16.0. The molecule has 0 spiro atoms. The number of rotatable bonds is 3. The maximum Gasteiger partial charge on any atom is 0.265 e. The summed E-state index contributed by atoms with van der Waals surface area (Å²) in [6.07, 6.45) is 6.99. The first-order chi connectivity index (χ1) is 11.4. The largest absolute Gasteiger partial charge is 0.442 e. The Hall–Kier alpha value is -2.11. The molecule has 0 bridgehead atoms. The number of aryl methyl sites for hydroxylation is 2. The summed E-state index contributed by atoms with van der Waals surface area (Å²) in [6, 6.07) is 0.307. The zero-order valence-corrected chi connectivity index (χ0v) is 14.8. The van der Waals surface area contributed by atoms with E-state index in [0.717, 1.165) is 25.7 Å². The molecular formula is C18H25N3O3. The topological polar surface area (TPSA) is 68.3 Å². The number of fused-ring (bicyclic) bond motifs is 1. The third kappa shape index (κ3) is 2.74. The van der Waals surface area contributed by atoms with Crippen molar-refractivity contribution >= 4 is 17.0 Å². The van der Waals surface area contributed by atoms with Gasteiger partial charge in [0.1, 0.15) is 17.5 Å². The maximum atomic E-state index is 13.3. The van der Waals surface area contributed by atoms with Gasteiger partial charge in [-0.15, -0.1) is 0 Å². The summed E-state index contributed by atoms with van der Waals surface area (Å²) in [7, 11) is 1.63. The van der Waals surface area contributed by atoms with E-state index in [1.165, 1.54) is 17.3 Å². The van der Waals surface area contributed by atoms with E-state index >= 15 is 0 Å². The van der Waals surface area contributed by atoms with Gasteiger partial charge in [-0.3, -0.25) is 9.59 Å². The second-order valence-electron chi connectivity index (χ2n) is 6.97. The average molecular weight is 331 g/mol. The highest BCUT2D eigenvalue weighted by atomic mass is 16.3. The Kier molecular flexibility index (Phi) is 4.47. The summed E-state index contributed by atoms with van der Waals surface area (Å²) < 4.78 is 6.98. The molecule has 130 valence electrons. The second-order valence-corrected chi connectivity index (χ2v) is 6.97. The van der Waals surface area contributed by atoms with Crippen molar-refractivity contribution in [3.8, 4) is 0 Å². The number of carbonyl (C=O) groups is 1. The lowest BCUT2D eigenvalue weighted by atomic mass is 9.92. The number of hydrogen-bond acceptors (Lipinski definition) is 4. The van der Waals surface area contributed by atoms with Crippen LogP contribution in [0.5, 0.6) is 0 Å². The van der Waals surface area contributed by atoms with E-state index in [4.69, 9.17) is 4.42 Å². The third-order valence-electron chi connectivity index (χ3n) is 4.92. The van der Waals surface area contributed by atoms with E-state index in [0.29, 0.717) is 16.7 Å². The van der Waals surface area contributed by atoms with Crippen LogP contribution in [0, 0.1) is 6.92 Å². The van der Waals surface area contributed by atoms with Crippen molar-refractivity contribution in [2.24, 2.45) is 7.05 Å². The van der Waals surface area contributed by atoms with Gasteiger partial charge in [-0.1, -0.05) is 19.3 Å². The van der Waals surface area contributed by atoms with Crippen LogP contribution in [0.2, 0.25) is 0 Å². The van der Waals surface area contributed by atoms with Crippen LogP contribution < -0.4 is 5.56 Å². The Morgan fingerprint density at radius 1 is 1.33 bits per heavy atom. The van der Waals surface area contributed by atoms with Crippen molar-refractivity contribution in [1.29, 1.82) is 0 Å². The Morgan fingerprint density at radius 2 is 2.00 bits per heavy atom. The van der Waals surface area contributed by atoms with Crippen molar-refractivity contribution in [2.75, 3.05) is 0 Å². The zero-order chi connectivity index (χ0) is 17.4. The van der Waals surface area contributed by atoms with Gasteiger partial charge in [-0.25, -0.2) is 4.98 Å². The maximum absolute atomic E-state index is 13.3. The minimum absolute atomic E-state index is 0.0745. The van der Waals surface area contributed by atoms with Gasteiger partial charge in [-0.05, 0) is 33.6 Å². The van der Waals surface area contributed by atoms with Crippen LogP contribution in [-0.2, 0) is 7.05 Å². The summed E-state index contributed by atoms with van der Waals surface area (Å²) in [4.78, 5) is 31.9. The first-order valence-electron chi connectivity index (χ1n) is 8.69. The molecule has 1 amide bonds. The molecule has 0 N–H and O–H groups in total. The van der Waals surface area contributed by atoms with Gasteiger partial charge >= 0.3 is 0 Å². The van der Waals surface area contributed by atoms with Crippen molar-refractivity contribution in [3.63, 3.8) is 0 Å². The molecule has 6 heteroatoms. The van der Waals surface area contributed by atoms with Crippen molar-refractivity contribution in [3.05, 3.63) is 28.0 Å². The highest BCUT2D eigenvalue weighted by Crippen LogP contribution is 2.29. The molecular weight excluding hydrogens is 306 g/mol. The number of aromatic nitrogens is 2. The summed E-state index contributed by atoms with van der Waals surface area (Å²) in [5.41, 5.74) is 0.372. The lowest BCUT2D eigenvalue weighted by Crippen LogP contribution is -2.46. The van der Waals surface area contributed by atoms with Gasteiger partial charge < -0.3 is 13.9 Å². The van der Waals surface area contributed by atoms with Gasteiger partial charge in [0.05, 0.1) is 5.56 Å². The van der Waals surface area contributed by atoms with Gasteiger partial charge in [0.15, 0.2) is 0 Å². The average Bonchev–Trinajstić information content (AvgIpc) is 2.88. The van der Waals surface area contributed by atoms with Gasteiger partial charge in [-0.2, -0.15) is 0 Å². The Balaban J connectivity index is 2.11. The third-order valence-corrected chi connectivity index (χ3v) is 4.92. The van der Waals surface area contributed by atoms with Crippen LogP contribution in [0.3, 0.4) is 0 Å². The number of amides is 1. The summed E-state index contributed by atoms with van der Waals surface area (Å²) in [5.74, 6) is 0.352. The number of carbonyl (C=O) groups excluding carboxylic acids is 1. The first kappa shape index (κ1) is 16.7. The first-order valence-corrected chi connectivity index (χ1v) is 8.69. The molecule has 2 heterocycles. The number of nitrogens with zero attached hydrogens (tertiary/aromatic N) is 3. The molecule has 0 aliphatic heterocycles. The molecule has 0 atom stereocenters. The SMILES string of the molecule is Cc1oc2ncn(C)c(=O)c2c1C(=O)N(C(C)C)C1CCCCC1. The molecule has 2 aromatic rings. The molecule has 6 nitrogen and oxygen atoms in total. The van der Waals surface area contributed by atoms with E-state index < -0.39 is 0 Å². The van der Waals surface area contributed by atoms with E-state index in [1.54, 1.807) is 14.0 Å².